The first kappa shape index (κ1) is 26.0. The maximum absolute atomic E-state index is 15.2. The number of carbonyl (C=O) groups excluding carboxylic acids is 1. The highest BCUT2D eigenvalue weighted by Crippen LogP contribution is 2.37. The first-order valence-electron chi connectivity index (χ1n) is 10.4. The van der Waals surface area contributed by atoms with Gasteiger partial charge in [-0.25, -0.2) is 22.3 Å². The van der Waals surface area contributed by atoms with E-state index in [9.17, 15) is 13.2 Å². The summed E-state index contributed by atoms with van der Waals surface area (Å²) in [7, 11) is -4.14. The van der Waals surface area contributed by atoms with E-state index in [1.807, 2.05) is 4.72 Å². The van der Waals surface area contributed by atoms with Crippen molar-refractivity contribution in [2.45, 2.75) is 36.8 Å². The molecule has 2 N–H and O–H groups in total. The van der Waals surface area contributed by atoms with Gasteiger partial charge in [-0.15, -0.1) is 11.3 Å². The Morgan fingerprint density at radius 3 is 2.69 bits per heavy atom. The number of fused-ring (bicyclic) bond motifs is 1. The summed E-state index contributed by atoms with van der Waals surface area (Å²) in [4.78, 5) is 12.2. The van der Waals surface area contributed by atoms with Gasteiger partial charge >= 0.3 is 6.03 Å². The SMILES string of the molecule is Cc1cc(S(=O)(=O)NC(=O)NC/C(F)=C2\CCCc3onc(Cc4ccc(Cl)cc4Cl)c32)sc1Cl. The maximum Gasteiger partial charge on any atom is 0.329 e. The molecule has 2 heterocycles. The van der Waals surface area contributed by atoms with Crippen molar-refractivity contribution in [3.05, 3.63) is 72.6 Å². The van der Waals surface area contributed by atoms with Gasteiger partial charge in [0.25, 0.3) is 10.0 Å². The third kappa shape index (κ3) is 5.83. The minimum Gasteiger partial charge on any atom is -0.360 e. The van der Waals surface area contributed by atoms with Crippen molar-refractivity contribution in [1.82, 2.24) is 15.2 Å². The molecule has 1 aliphatic carbocycles. The Morgan fingerprint density at radius 1 is 1.23 bits per heavy atom. The Morgan fingerprint density at radius 2 is 2.00 bits per heavy atom. The van der Waals surface area contributed by atoms with Gasteiger partial charge in [0, 0.05) is 28.5 Å². The number of halogens is 4. The smallest absolute Gasteiger partial charge is 0.329 e. The number of nitrogens with zero attached hydrogens (tertiary/aromatic N) is 1. The molecular formula is C22H19Cl3FN3O4S2. The number of allylic oxidation sites excluding steroid dienone is 1. The van der Waals surface area contributed by atoms with Crippen LogP contribution in [0.1, 0.15) is 41.0 Å². The lowest BCUT2D eigenvalue weighted by Gasteiger charge is -2.16. The van der Waals surface area contributed by atoms with Crippen molar-refractivity contribution in [2.24, 2.45) is 0 Å². The standard InChI is InChI=1S/C22H19Cl3FN3O4S2/c1-11-7-19(34-21(11)25)35(31,32)29-22(30)27-10-16(26)14-3-2-4-18-20(14)17(28-33-18)8-12-5-6-13(23)9-15(12)24/h5-7,9H,2-4,8,10H2,1H3,(H2,27,29,30)/b16-14-. The van der Waals surface area contributed by atoms with Crippen LogP contribution in [-0.4, -0.2) is 26.2 Å². The molecule has 4 rings (SSSR count). The van der Waals surface area contributed by atoms with Crippen LogP contribution in [0.2, 0.25) is 14.4 Å². The summed E-state index contributed by atoms with van der Waals surface area (Å²) >= 11 is 19.0. The molecule has 7 nitrogen and oxygen atoms in total. The largest absolute Gasteiger partial charge is 0.360 e. The monoisotopic (exact) mass is 577 g/mol. The topological polar surface area (TPSA) is 101 Å². The highest BCUT2D eigenvalue weighted by molar-refractivity contribution is 7.92. The van der Waals surface area contributed by atoms with Gasteiger partial charge in [-0.1, -0.05) is 46.0 Å². The van der Waals surface area contributed by atoms with Crippen LogP contribution in [0.15, 0.2) is 38.8 Å². The normalized spacial score (nSPS) is 15.0. The lowest BCUT2D eigenvalue weighted by Crippen LogP contribution is -2.39. The zero-order valence-electron chi connectivity index (χ0n) is 18.3. The van der Waals surface area contributed by atoms with Crippen LogP contribution in [0.25, 0.3) is 5.57 Å². The number of carbonyl (C=O) groups is 1. The van der Waals surface area contributed by atoms with E-state index < -0.39 is 28.4 Å². The van der Waals surface area contributed by atoms with Gasteiger partial charge in [0.1, 0.15) is 15.8 Å². The summed E-state index contributed by atoms with van der Waals surface area (Å²) in [6.45, 7) is 1.14. The van der Waals surface area contributed by atoms with E-state index in [1.54, 1.807) is 25.1 Å². The molecule has 2 aromatic heterocycles. The van der Waals surface area contributed by atoms with Gasteiger partial charge in [0.15, 0.2) is 0 Å². The molecule has 0 fully saturated rings. The first-order chi connectivity index (χ1) is 16.5. The van der Waals surface area contributed by atoms with Gasteiger partial charge in [0.2, 0.25) is 0 Å². The van der Waals surface area contributed by atoms with Crippen LogP contribution in [0.4, 0.5) is 9.18 Å². The van der Waals surface area contributed by atoms with Crippen LogP contribution >= 0.6 is 46.1 Å². The van der Waals surface area contributed by atoms with Crippen molar-refractivity contribution in [1.29, 1.82) is 0 Å². The zero-order chi connectivity index (χ0) is 25.3. The molecule has 0 aliphatic heterocycles. The molecule has 2 amide bonds. The molecule has 0 unspecified atom stereocenters. The van der Waals surface area contributed by atoms with Gasteiger partial charge in [-0.05, 0) is 54.7 Å². The third-order valence-corrected chi connectivity index (χ3v) is 9.34. The zero-order valence-corrected chi connectivity index (χ0v) is 22.2. The molecule has 0 radical (unpaired) electrons. The number of rotatable bonds is 6. The average molecular weight is 579 g/mol. The van der Waals surface area contributed by atoms with Crippen LogP contribution < -0.4 is 10.0 Å². The molecule has 13 heteroatoms. The van der Waals surface area contributed by atoms with Crippen LogP contribution in [0.5, 0.6) is 0 Å². The van der Waals surface area contributed by atoms with Crippen LogP contribution in [0, 0.1) is 6.92 Å². The summed E-state index contributed by atoms with van der Waals surface area (Å²) in [5.41, 5.74) is 2.76. The lowest BCUT2D eigenvalue weighted by atomic mass is 9.89. The molecule has 1 aromatic carbocycles. The van der Waals surface area contributed by atoms with Gasteiger partial charge < -0.3 is 9.84 Å². The Balaban J connectivity index is 1.50. The Bertz CT molecular complexity index is 1410. The van der Waals surface area contributed by atoms with E-state index in [4.69, 9.17) is 39.3 Å². The molecule has 0 bridgehead atoms. The Hall–Kier alpha value is -2.11. The number of thiophene rings is 1. The second kappa shape index (κ2) is 10.5. The van der Waals surface area contributed by atoms with E-state index in [0.29, 0.717) is 68.2 Å². The van der Waals surface area contributed by atoms with Gasteiger partial charge in [-0.3, -0.25) is 0 Å². The van der Waals surface area contributed by atoms with E-state index in [-0.39, 0.29) is 4.21 Å². The van der Waals surface area contributed by atoms with E-state index in [2.05, 4.69) is 10.5 Å². The number of aromatic nitrogens is 1. The summed E-state index contributed by atoms with van der Waals surface area (Å²) < 4.78 is 47.5. The van der Waals surface area contributed by atoms with E-state index in [1.165, 1.54) is 6.07 Å². The molecule has 3 aromatic rings. The number of hydrogen-bond acceptors (Lipinski definition) is 6. The van der Waals surface area contributed by atoms with Crippen LogP contribution in [0.3, 0.4) is 0 Å². The van der Waals surface area contributed by atoms with Crippen LogP contribution in [-0.2, 0) is 22.9 Å². The number of benzene rings is 1. The number of amides is 2. The van der Waals surface area contributed by atoms with Crippen molar-refractivity contribution in [2.75, 3.05) is 6.54 Å². The fourth-order valence-corrected chi connectivity index (χ4v) is 6.81. The second-order valence-corrected chi connectivity index (χ2v) is 12.3. The van der Waals surface area contributed by atoms with Gasteiger partial charge in [-0.2, -0.15) is 0 Å². The number of nitrogens with one attached hydrogen (secondary N) is 2. The van der Waals surface area contributed by atoms with E-state index in [0.717, 1.165) is 16.9 Å². The van der Waals surface area contributed by atoms with Crippen molar-refractivity contribution < 1.29 is 22.1 Å². The average Bonchev–Trinajstić information content (AvgIpc) is 3.37. The van der Waals surface area contributed by atoms with Crippen molar-refractivity contribution in [3.63, 3.8) is 0 Å². The number of aryl methyl sites for hydroxylation is 2. The third-order valence-electron chi connectivity index (χ3n) is 5.40. The minimum absolute atomic E-state index is 0.110. The summed E-state index contributed by atoms with van der Waals surface area (Å²) in [5.74, 6) is -0.0568. The number of hydrogen-bond donors (Lipinski definition) is 2. The molecular weight excluding hydrogens is 560 g/mol. The van der Waals surface area contributed by atoms with E-state index >= 15 is 4.39 Å². The fourth-order valence-electron chi connectivity index (χ4n) is 3.70. The maximum atomic E-state index is 15.2. The fraction of sp³-hybridized carbons (Fsp3) is 0.273. The first-order valence-corrected chi connectivity index (χ1v) is 13.8. The number of urea groups is 1. The second-order valence-electron chi connectivity index (χ2n) is 7.89. The van der Waals surface area contributed by atoms with Crippen molar-refractivity contribution >= 4 is 67.8 Å². The molecule has 35 heavy (non-hydrogen) atoms. The lowest BCUT2D eigenvalue weighted by molar-refractivity contribution is 0.246. The summed E-state index contributed by atoms with van der Waals surface area (Å²) in [6, 6.07) is 5.38. The quantitative estimate of drug-likeness (QED) is 0.357. The summed E-state index contributed by atoms with van der Waals surface area (Å²) in [6.07, 6.45) is 1.96. The predicted molar refractivity (Wildman–Crippen MR) is 135 cm³/mol. The highest BCUT2D eigenvalue weighted by Gasteiger charge is 2.27. The molecule has 0 spiro atoms. The molecule has 0 atom stereocenters. The predicted octanol–water partition coefficient (Wildman–Crippen LogP) is 6.30. The molecule has 0 saturated heterocycles. The van der Waals surface area contributed by atoms with Crippen molar-refractivity contribution in [3.8, 4) is 0 Å². The number of sulfonamides is 1. The molecule has 1 aliphatic rings. The Kier molecular flexibility index (Phi) is 7.77. The van der Waals surface area contributed by atoms with Gasteiger partial charge in [0.05, 0.1) is 16.6 Å². The highest BCUT2D eigenvalue weighted by atomic mass is 35.5. The minimum atomic E-state index is -4.14. The molecule has 186 valence electrons. The summed E-state index contributed by atoms with van der Waals surface area (Å²) in [5, 5.41) is 7.33. The molecule has 0 saturated carbocycles. The Labute approximate surface area is 220 Å².